The second-order valence-electron chi connectivity index (χ2n) is 4.04. The third-order valence-corrected chi connectivity index (χ3v) is 3.97. The zero-order chi connectivity index (χ0) is 13.3. The molecule has 0 bridgehead atoms. The highest BCUT2D eigenvalue weighted by Gasteiger charge is 2.27. The van der Waals surface area contributed by atoms with Crippen LogP contribution in [-0.2, 0) is 4.79 Å². The number of hydrogen-bond donors (Lipinski definition) is 0. The number of ether oxygens (including phenoxy) is 1. The minimum atomic E-state index is -0.382. The Labute approximate surface area is 119 Å². The van der Waals surface area contributed by atoms with E-state index in [9.17, 15) is 9.18 Å². The first-order chi connectivity index (χ1) is 8.54. The lowest BCUT2D eigenvalue weighted by atomic mass is 10.0. The fourth-order valence-corrected chi connectivity index (χ4v) is 2.57. The maximum absolute atomic E-state index is 14.0. The molecule has 0 radical (unpaired) electrons. The average molecular weight is 361 g/mol. The smallest absolute Gasteiger partial charge is 0.240 e. The van der Waals surface area contributed by atoms with Gasteiger partial charge in [0, 0.05) is 24.4 Å². The Kier molecular flexibility index (Phi) is 3.89. The SMILES string of the molecule is COc1ccc(C2=CCC(I)C(=O)N2C)c(F)c1. The second-order valence-corrected chi connectivity index (χ2v) is 5.54. The molecule has 96 valence electrons. The number of methoxy groups -OCH3 is 1. The van der Waals surface area contributed by atoms with Crippen molar-refractivity contribution < 1.29 is 13.9 Å². The summed E-state index contributed by atoms with van der Waals surface area (Å²) in [4.78, 5) is 13.4. The molecule has 1 atom stereocenters. The van der Waals surface area contributed by atoms with Crippen molar-refractivity contribution in [3.8, 4) is 5.75 Å². The summed E-state index contributed by atoms with van der Waals surface area (Å²) < 4.78 is 18.8. The zero-order valence-corrected chi connectivity index (χ0v) is 12.3. The number of nitrogens with zero attached hydrogens (tertiary/aromatic N) is 1. The number of rotatable bonds is 2. The van der Waals surface area contributed by atoms with Crippen LogP contribution < -0.4 is 4.74 Å². The van der Waals surface area contributed by atoms with Gasteiger partial charge >= 0.3 is 0 Å². The summed E-state index contributed by atoms with van der Waals surface area (Å²) in [7, 11) is 3.16. The Morgan fingerprint density at radius 1 is 1.50 bits per heavy atom. The summed E-state index contributed by atoms with van der Waals surface area (Å²) in [6.45, 7) is 0. The highest BCUT2D eigenvalue weighted by atomic mass is 127. The third-order valence-electron chi connectivity index (χ3n) is 2.93. The molecular formula is C13H13FINO2. The first-order valence-corrected chi connectivity index (χ1v) is 6.75. The second kappa shape index (κ2) is 5.26. The zero-order valence-electron chi connectivity index (χ0n) is 10.1. The van der Waals surface area contributed by atoms with Gasteiger partial charge in [-0.15, -0.1) is 0 Å². The monoisotopic (exact) mass is 361 g/mol. The molecule has 0 spiro atoms. The Bertz CT molecular complexity index is 516. The van der Waals surface area contributed by atoms with Gasteiger partial charge < -0.3 is 9.64 Å². The van der Waals surface area contributed by atoms with Gasteiger partial charge in [-0.3, -0.25) is 4.79 Å². The number of hydrogen-bond acceptors (Lipinski definition) is 2. The van der Waals surface area contributed by atoms with Crippen LogP contribution in [0.3, 0.4) is 0 Å². The summed E-state index contributed by atoms with van der Waals surface area (Å²) in [5.74, 6) is 0.0869. The Balaban J connectivity index is 2.40. The van der Waals surface area contributed by atoms with Crippen molar-refractivity contribution >= 4 is 34.2 Å². The predicted octanol–water partition coefficient (Wildman–Crippen LogP) is 2.84. The first-order valence-electron chi connectivity index (χ1n) is 5.50. The Morgan fingerprint density at radius 2 is 2.22 bits per heavy atom. The van der Waals surface area contributed by atoms with E-state index in [0.29, 0.717) is 23.4 Å². The van der Waals surface area contributed by atoms with E-state index in [2.05, 4.69) is 22.6 Å². The summed E-state index contributed by atoms with van der Waals surface area (Å²) in [5.41, 5.74) is 1.04. The quantitative estimate of drug-likeness (QED) is 0.599. The molecule has 2 rings (SSSR count). The van der Waals surface area contributed by atoms with Crippen LogP contribution in [0.5, 0.6) is 5.75 Å². The molecule has 1 aromatic carbocycles. The Hall–Kier alpha value is -1.11. The lowest BCUT2D eigenvalue weighted by molar-refractivity contribution is -0.126. The summed E-state index contributed by atoms with van der Waals surface area (Å²) in [5, 5.41) is 0. The van der Waals surface area contributed by atoms with Crippen LogP contribution in [-0.4, -0.2) is 28.9 Å². The van der Waals surface area contributed by atoms with E-state index in [-0.39, 0.29) is 15.6 Å². The molecule has 0 saturated heterocycles. The van der Waals surface area contributed by atoms with Gasteiger partial charge in [0.05, 0.1) is 11.0 Å². The van der Waals surface area contributed by atoms with Crippen molar-refractivity contribution in [2.75, 3.05) is 14.2 Å². The van der Waals surface area contributed by atoms with E-state index >= 15 is 0 Å². The number of allylic oxidation sites excluding steroid dienone is 1. The van der Waals surface area contributed by atoms with Crippen LogP contribution in [0.4, 0.5) is 4.39 Å². The maximum Gasteiger partial charge on any atom is 0.240 e. The summed E-state index contributed by atoms with van der Waals surface area (Å²) in [6.07, 6.45) is 2.52. The lowest BCUT2D eigenvalue weighted by Crippen LogP contribution is -2.35. The van der Waals surface area contributed by atoms with Crippen molar-refractivity contribution in [1.82, 2.24) is 4.90 Å². The van der Waals surface area contributed by atoms with Crippen LogP contribution in [0, 0.1) is 5.82 Å². The molecule has 5 heteroatoms. The fourth-order valence-electron chi connectivity index (χ4n) is 1.90. The van der Waals surface area contributed by atoms with Gasteiger partial charge in [-0.1, -0.05) is 28.7 Å². The number of carbonyl (C=O) groups is 1. The van der Waals surface area contributed by atoms with Crippen molar-refractivity contribution in [2.45, 2.75) is 10.3 Å². The van der Waals surface area contributed by atoms with Crippen molar-refractivity contribution in [3.05, 3.63) is 35.7 Å². The minimum absolute atomic E-state index is 0.00307. The molecular weight excluding hydrogens is 348 g/mol. The van der Waals surface area contributed by atoms with Crippen molar-refractivity contribution in [3.63, 3.8) is 0 Å². The van der Waals surface area contributed by atoms with Crippen LogP contribution >= 0.6 is 22.6 Å². The van der Waals surface area contributed by atoms with Crippen LogP contribution in [0.1, 0.15) is 12.0 Å². The molecule has 1 aliphatic rings. The highest BCUT2D eigenvalue weighted by molar-refractivity contribution is 14.1. The molecule has 0 saturated carbocycles. The standard InChI is InChI=1S/C13H13FINO2/c1-16-12(6-5-11(15)13(16)17)9-4-3-8(18-2)7-10(9)14/h3-4,6-7,11H,5H2,1-2H3. The number of amides is 1. The molecule has 1 aromatic rings. The molecule has 0 fully saturated rings. The molecule has 18 heavy (non-hydrogen) atoms. The molecule has 1 aliphatic heterocycles. The molecule has 1 unspecified atom stereocenters. The largest absolute Gasteiger partial charge is 0.497 e. The molecule has 0 N–H and O–H groups in total. The van der Waals surface area contributed by atoms with Gasteiger partial charge in [0.1, 0.15) is 11.6 Å². The maximum atomic E-state index is 14.0. The van der Waals surface area contributed by atoms with Gasteiger partial charge in [0.2, 0.25) is 5.91 Å². The minimum Gasteiger partial charge on any atom is -0.497 e. The highest BCUT2D eigenvalue weighted by Crippen LogP contribution is 2.30. The molecule has 1 amide bonds. The summed E-state index contributed by atoms with van der Waals surface area (Å²) in [6, 6.07) is 4.65. The van der Waals surface area contributed by atoms with E-state index in [1.54, 1.807) is 19.2 Å². The van der Waals surface area contributed by atoms with Gasteiger partial charge in [0.15, 0.2) is 0 Å². The van der Waals surface area contributed by atoms with Crippen LogP contribution in [0.2, 0.25) is 0 Å². The third kappa shape index (κ3) is 2.36. The van der Waals surface area contributed by atoms with E-state index in [0.717, 1.165) is 0 Å². The van der Waals surface area contributed by atoms with Gasteiger partial charge in [-0.2, -0.15) is 0 Å². The van der Waals surface area contributed by atoms with E-state index in [1.807, 2.05) is 6.08 Å². The predicted molar refractivity (Wildman–Crippen MR) is 76.1 cm³/mol. The van der Waals surface area contributed by atoms with Gasteiger partial charge in [0.25, 0.3) is 0 Å². The van der Waals surface area contributed by atoms with E-state index in [1.165, 1.54) is 18.1 Å². The molecule has 3 nitrogen and oxygen atoms in total. The average Bonchev–Trinajstić information content (AvgIpc) is 2.37. The van der Waals surface area contributed by atoms with Crippen molar-refractivity contribution in [2.24, 2.45) is 0 Å². The van der Waals surface area contributed by atoms with Crippen molar-refractivity contribution in [1.29, 1.82) is 0 Å². The fraction of sp³-hybridized carbons (Fsp3) is 0.308. The number of carbonyl (C=O) groups excluding carboxylic acids is 1. The first kappa shape index (κ1) is 13.3. The lowest BCUT2D eigenvalue weighted by Gasteiger charge is -2.28. The van der Waals surface area contributed by atoms with Gasteiger partial charge in [-0.25, -0.2) is 4.39 Å². The number of benzene rings is 1. The number of halogens is 2. The molecule has 0 aliphatic carbocycles. The van der Waals surface area contributed by atoms with Crippen LogP contribution in [0.25, 0.3) is 5.70 Å². The summed E-state index contributed by atoms with van der Waals surface area (Å²) >= 11 is 2.10. The Morgan fingerprint density at radius 3 is 2.83 bits per heavy atom. The molecule has 1 heterocycles. The van der Waals surface area contributed by atoms with Gasteiger partial charge in [-0.05, 0) is 18.6 Å². The topological polar surface area (TPSA) is 29.5 Å². The van der Waals surface area contributed by atoms with E-state index in [4.69, 9.17) is 4.74 Å². The van der Waals surface area contributed by atoms with E-state index < -0.39 is 0 Å². The molecule has 0 aromatic heterocycles. The normalized spacial score (nSPS) is 19.8. The van der Waals surface area contributed by atoms with Crippen LogP contribution in [0.15, 0.2) is 24.3 Å². The number of alkyl halides is 1.